The van der Waals surface area contributed by atoms with Crippen molar-refractivity contribution >= 4 is 29.9 Å². The van der Waals surface area contributed by atoms with Crippen LogP contribution in [0.25, 0.3) is 0 Å². The average Bonchev–Trinajstić information content (AvgIpc) is 2.26. The van der Waals surface area contributed by atoms with Gasteiger partial charge in [-0.1, -0.05) is 26.0 Å². The van der Waals surface area contributed by atoms with Crippen LogP contribution in [0.4, 0.5) is 0 Å². The van der Waals surface area contributed by atoms with Crippen LogP contribution in [0.2, 0.25) is 0 Å². The van der Waals surface area contributed by atoms with E-state index in [-0.39, 0.29) is 24.0 Å². The van der Waals surface area contributed by atoms with Crippen LogP contribution in [0.3, 0.4) is 0 Å². The van der Waals surface area contributed by atoms with Crippen LogP contribution in [0.5, 0.6) is 0 Å². The fraction of sp³-hybridized carbons (Fsp3) is 0.769. The standard InChI is InChI=1S/C13H27N3.HI/c1-5-6-7-10-15-13(14-4)16-11-8-9-12(2)3;/h5-6,12H,7-11H2,1-4H3,(H2,14,15,16);1H. The van der Waals surface area contributed by atoms with Crippen molar-refractivity contribution in [3.63, 3.8) is 0 Å². The molecule has 0 fully saturated rings. The molecule has 0 aromatic rings. The van der Waals surface area contributed by atoms with Gasteiger partial charge in [-0.2, -0.15) is 0 Å². The molecule has 4 heteroatoms. The van der Waals surface area contributed by atoms with Crippen molar-refractivity contribution < 1.29 is 0 Å². The molecule has 0 saturated heterocycles. The smallest absolute Gasteiger partial charge is 0.190 e. The topological polar surface area (TPSA) is 36.4 Å². The molecule has 0 aromatic carbocycles. The van der Waals surface area contributed by atoms with Gasteiger partial charge in [0.2, 0.25) is 0 Å². The number of hydrogen-bond acceptors (Lipinski definition) is 1. The number of nitrogens with zero attached hydrogens (tertiary/aromatic N) is 1. The van der Waals surface area contributed by atoms with Crippen molar-refractivity contribution in [2.75, 3.05) is 20.1 Å². The van der Waals surface area contributed by atoms with E-state index in [1.807, 2.05) is 14.0 Å². The first-order valence-corrected chi connectivity index (χ1v) is 6.26. The molecule has 0 bridgehead atoms. The van der Waals surface area contributed by atoms with E-state index in [2.05, 4.69) is 41.6 Å². The largest absolute Gasteiger partial charge is 0.356 e. The van der Waals surface area contributed by atoms with Crippen LogP contribution in [-0.4, -0.2) is 26.1 Å². The van der Waals surface area contributed by atoms with Crippen molar-refractivity contribution in [2.45, 2.75) is 40.0 Å². The maximum absolute atomic E-state index is 4.17. The van der Waals surface area contributed by atoms with E-state index in [1.165, 1.54) is 12.8 Å². The number of rotatable bonds is 7. The van der Waals surface area contributed by atoms with Gasteiger partial charge in [0.05, 0.1) is 0 Å². The molecular formula is C13H28IN3. The molecule has 0 aliphatic heterocycles. The molecule has 0 spiro atoms. The highest BCUT2D eigenvalue weighted by atomic mass is 127. The minimum absolute atomic E-state index is 0. The molecule has 0 rings (SSSR count). The second-order valence-electron chi connectivity index (χ2n) is 4.32. The monoisotopic (exact) mass is 353 g/mol. The number of aliphatic imine (C=N–C) groups is 1. The first-order valence-electron chi connectivity index (χ1n) is 6.26. The lowest BCUT2D eigenvalue weighted by Crippen LogP contribution is -2.38. The number of allylic oxidation sites excluding steroid dienone is 1. The molecule has 0 unspecified atom stereocenters. The van der Waals surface area contributed by atoms with E-state index >= 15 is 0 Å². The van der Waals surface area contributed by atoms with E-state index in [4.69, 9.17) is 0 Å². The van der Waals surface area contributed by atoms with Gasteiger partial charge in [-0.15, -0.1) is 24.0 Å². The summed E-state index contributed by atoms with van der Waals surface area (Å²) in [7, 11) is 1.81. The van der Waals surface area contributed by atoms with Crippen LogP contribution in [0, 0.1) is 5.92 Å². The van der Waals surface area contributed by atoms with Crippen LogP contribution in [-0.2, 0) is 0 Å². The van der Waals surface area contributed by atoms with Crippen molar-refractivity contribution in [1.29, 1.82) is 0 Å². The molecule has 17 heavy (non-hydrogen) atoms. The second kappa shape index (κ2) is 13.8. The molecule has 2 N–H and O–H groups in total. The number of halogens is 1. The van der Waals surface area contributed by atoms with Gasteiger partial charge in [0.1, 0.15) is 0 Å². The Morgan fingerprint density at radius 1 is 1.24 bits per heavy atom. The minimum Gasteiger partial charge on any atom is -0.356 e. The summed E-state index contributed by atoms with van der Waals surface area (Å²) in [6, 6.07) is 0. The Bertz CT molecular complexity index is 213. The van der Waals surface area contributed by atoms with Crippen molar-refractivity contribution in [1.82, 2.24) is 10.6 Å². The fourth-order valence-corrected chi connectivity index (χ4v) is 1.38. The van der Waals surface area contributed by atoms with Crippen molar-refractivity contribution in [2.24, 2.45) is 10.9 Å². The molecule has 0 atom stereocenters. The third-order valence-electron chi connectivity index (χ3n) is 2.31. The van der Waals surface area contributed by atoms with Crippen LogP contribution < -0.4 is 10.6 Å². The van der Waals surface area contributed by atoms with Crippen LogP contribution in [0.15, 0.2) is 17.1 Å². The van der Waals surface area contributed by atoms with E-state index in [9.17, 15) is 0 Å². The first kappa shape index (κ1) is 19.1. The summed E-state index contributed by atoms with van der Waals surface area (Å²) < 4.78 is 0. The minimum atomic E-state index is 0. The fourth-order valence-electron chi connectivity index (χ4n) is 1.38. The molecule has 3 nitrogen and oxygen atoms in total. The van der Waals surface area contributed by atoms with Gasteiger partial charge < -0.3 is 10.6 Å². The second-order valence-corrected chi connectivity index (χ2v) is 4.32. The lowest BCUT2D eigenvalue weighted by molar-refractivity contribution is 0.549. The van der Waals surface area contributed by atoms with E-state index in [1.54, 1.807) is 0 Å². The number of hydrogen-bond donors (Lipinski definition) is 2. The Morgan fingerprint density at radius 3 is 2.41 bits per heavy atom. The van der Waals surface area contributed by atoms with Gasteiger partial charge in [0, 0.05) is 20.1 Å². The van der Waals surface area contributed by atoms with E-state index < -0.39 is 0 Å². The molecule has 0 heterocycles. The summed E-state index contributed by atoms with van der Waals surface area (Å²) in [5.74, 6) is 1.69. The summed E-state index contributed by atoms with van der Waals surface area (Å²) in [5, 5.41) is 6.60. The van der Waals surface area contributed by atoms with Gasteiger partial charge in [-0.25, -0.2) is 0 Å². The molecule has 0 aliphatic carbocycles. The lowest BCUT2D eigenvalue weighted by Gasteiger charge is -2.11. The third kappa shape index (κ3) is 13.7. The zero-order valence-electron chi connectivity index (χ0n) is 11.6. The summed E-state index contributed by atoms with van der Waals surface area (Å²) in [6.45, 7) is 8.49. The number of guanidine groups is 1. The van der Waals surface area contributed by atoms with E-state index in [0.717, 1.165) is 31.4 Å². The quantitative estimate of drug-likeness (QED) is 0.243. The molecule has 0 aliphatic rings. The number of nitrogens with one attached hydrogen (secondary N) is 2. The Hall–Kier alpha value is -0.260. The predicted molar refractivity (Wildman–Crippen MR) is 88.3 cm³/mol. The molecule has 0 radical (unpaired) electrons. The summed E-state index contributed by atoms with van der Waals surface area (Å²) in [4.78, 5) is 4.17. The predicted octanol–water partition coefficient (Wildman–Crippen LogP) is 3.17. The maximum Gasteiger partial charge on any atom is 0.190 e. The highest BCUT2D eigenvalue weighted by molar-refractivity contribution is 14.0. The van der Waals surface area contributed by atoms with Crippen LogP contribution in [0.1, 0.15) is 40.0 Å². The molecular weight excluding hydrogens is 325 g/mol. The first-order chi connectivity index (χ1) is 7.70. The Labute approximate surface area is 124 Å². The maximum atomic E-state index is 4.17. The van der Waals surface area contributed by atoms with E-state index in [0.29, 0.717) is 0 Å². The normalized spacial score (nSPS) is 11.7. The van der Waals surface area contributed by atoms with Gasteiger partial charge in [-0.3, -0.25) is 4.99 Å². The molecule has 0 amide bonds. The highest BCUT2D eigenvalue weighted by Gasteiger charge is 1.96. The Balaban J connectivity index is 0. The molecule has 0 saturated carbocycles. The van der Waals surface area contributed by atoms with Crippen molar-refractivity contribution in [3.05, 3.63) is 12.2 Å². The van der Waals surface area contributed by atoms with Gasteiger partial charge >= 0.3 is 0 Å². The summed E-state index contributed by atoms with van der Waals surface area (Å²) >= 11 is 0. The zero-order valence-corrected chi connectivity index (χ0v) is 14.0. The van der Waals surface area contributed by atoms with Gasteiger partial charge in [-0.05, 0) is 32.1 Å². The summed E-state index contributed by atoms with van der Waals surface area (Å²) in [6.07, 6.45) is 7.73. The Morgan fingerprint density at radius 2 is 1.88 bits per heavy atom. The average molecular weight is 353 g/mol. The highest BCUT2D eigenvalue weighted by Crippen LogP contribution is 2.01. The third-order valence-corrected chi connectivity index (χ3v) is 2.31. The summed E-state index contributed by atoms with van der Waals surface area (Å²) in [5.41, 5.74) is 0. The SMILES string of the molecule is CC=CCCNC(=NC)NCCCC(C)C.I. The van der Waals surface area contributed by atoms with Gasteiger partial charge in [0.15, 0.2) is 5.96 Å². The molecule has 0 aromatic heterocycles. The zero-order chi connectivity index (χ0) is 12.2. The lowest BCUT2D eigenvalue weighted by atomic mass is 10.1. The van der Waals surface area contributed by atoms with Gasteiger partial charge in [0.25, 0.3) is 0 Å². The van der Waals surface area contributed by atoms with Crippen molar-refractivity contribution in [3.8, 4) is 0 Å². The Kier molecular flexibility index (Phi) is 15.5. The molecule has 102 valence electrons. The van der Waals surface area contributed by atoms with Crippen LogP contribution >= 0.6 is 24.0 Å².